The molecule has 196 valence electrons. The number of amides is 1. The summed E-state index contributed by atoms with van der Waals surface area (Å²) in [6.45, 7) is 5.43. The molecule has 1 aliphatic heterocycles. The van der Waals surface area contributed by atoms with Gasteiger partial charge in [0.05, 0.1) is 6.54 Å². The topological polar surface area (TPSA) is 135 Å². The molecule has 0 N–H and O–H groups in total. The largest absolute Gasteiger partial charge is 0.462 e. The molecule has 5 atom stereocenters. The molecule has 1 fully saturated rings. The standard InChI is InChI=1S/C25H31NO10/c1-15(27)26-13-21(36-23(26)12-11-20-9-7-6-8-10-20)24(34-18(4)30)25(35-19(5)31)22(33-17(3)29)14-32-16(2)28/h6-12,21-25H,13-14H2,1-5H3/b12-11+/t21-,22+,23+,24+,25+/m0/s1. The van der Waals surface area contributed by atoms with Crippen LogP contribution in [0, 0.1) is 0 Å². The lowest BCUT2D eigenvalue weighted by Crippen LogP contribution is -2.53. The Morgan fingerprint density at radius 1 is 0.917 bits per heavy atom. The van der Waals surface area contributed by atoms with Crippen molar-refractivity contribution >= 4 is 35.9 Å². The van der Waals surface area contributed by atoms with E-state index in [1.54, 1.807) is 12.2 Å². The summed E-state index contributed by atoms with van der Waals surface area (Å²) in [4.78, 5) is 60.9. The monoisotopic (exact) mass is 505 g/mol. The second-order valence-electron chi connectivity index (χ2n) is 8.10. The van der Waals surface area contributed by atoms with Gasteiger partial charge in [0.1, 0.15) is 12.7 Å². The zero-order valence-corrected chi connectivity index (χ0v) is 20.9. The highest BCUT2D eigenvalue weighted by Crippen LogP contribution is 2.27. The van der Waals surface area contributed by atoms with Crippen LogP contribution in [-0.4, -0.2) is 78.5 Å². The van der Waals surface area contributed by atoms with E-state index in [1.165, 1.54) is 11.8 Å². The minimum absolute atomic E-state index is 0.0187. The number of rotatable bonds is 10. The molecular weight excluding hydrogens is 474 g/mol. The van der Waals surface area contributed by atoms with Crippen molar-refractivity contribution in [2.24, 2.45) is 0 Å². The van der Waals surface area contributed by atoms with E-state index in [4.69, 9.17) is 23.7 Å². The summed E-state index contributed by atoms with van der Waals surface area (Å²) < 4.78 is 27.2. The first kappa shape index (κ1) is 28.5. The van der Waals surface area contributed by atoms with Crippen molar-refractivity contribution in [2.45, 2.75) is 65.3 Å². The van der Waals surface area contributed by atoms with Crippen molar-refractivity contribution in [3.63, 3.8) is 0 Å². The van der Waals surface area contributed by atoms with Gasteiger partial charge in [-0.15, -0.1) is 0 Å². The first-order valence-corrected chi connectivity index (χ1v) is 11.3. The van der Waals surface area contributed by atoms with Gasteiger partial charge in [0.15, 0.2) is 24.5 Å². The predicted octanol–water partition coefficient (Wildman–Crippen LogP) is 1.63. The van der Waals surface area contributed by atoms with Crippen LogP contribution in [0.4, 0.5) is 0 Å². The predicted molar refractivity (Wildman–Crippen MR) is 125 cm³/mol. The Morgan fingerprint density at radius 3 is 2.06 bits per heavy atom. The zero-order chi connectivity index (χ0) is 26.8. The first-order valence-electron chi connectivity index (χ1n) is 11.3. The smallest absolute Gasteiger partial charge is 0.303 e. The number of carbonyl (C=O) groups excluding carboxylic acids is 5. The maximum Gasteiger partial charge on any atom is 0.303 e. The average molecular weight is 506 g/mol. The van der Waals surface area contributed by atoms with Crippen LogP contribution in [0.1, 0.15) is 40.2 Å². The summed E-state index contributed by atoms with van der Waals surface area (Å²) in [5.74, 6) is -3.20. The SMILES string of the molecule is CC(=O)OC[C@@H](OC(C)=O)[C@@H](OC(C)=O)[C@H](OC(C)=O)[C@@H]1CN(C(C)=O)[C@@H](/C=C/c2ccccc2)O1. The van der Waals surface area contributed by atoms with Crippen LogP contribution in [0.5, 0.6) is 0 Å². The summed E-state index contributed by atoms with van der Waals surface area (Å²) >= 11 is 0. The number of esters is 4. The summed E-state index contributed by atoms with van der Waals surface area (Å²) in [6, 6.07) is 9.34. The Kier molecular flexibility index (Phi) is 10.6. The number of hydrogen-bond acceptors (Lipinski definition) is 10. The normalized spacial score (nSPS) is 19.8. The highest BCUT2D eigenvalue weighted by atomic mass is 16.6. The Hall–Kier alpha value is -3.73. The Labute approximate surface area is 209 Å². The molecule has 1 aromatic carbocycles. The summed E-state index contributed by atoms with van der Waals surface area (Å²) in [6.07, 6.45) is -2.35. The molecule has 0 saturated carbocycles. The van der Waals surface area contributed by atoms with E-state index in [2.05, 4.69) is 0 Å². The van der Waals surface area contributed by atoms with Crippen molar-refractivity contribution < 1.29 is 47.7 Å². The number of nitrogens with zero attached hydrogens (tertiary/aromatic N) is 1. The molecule has 1 saturated heterocycles. The lowest BCUT2D eigenvalue weighted by atomic mass is 10.0. The van der Waals surface area contributed by atoms with Crippen LogP contribution in [0.15, 0.2) is 36.4 Å². The lowest BCUT2D eigenvalue weighted by Gasteiger charge is -2.33. The molecule has 1 heterocycles. The second kappa shape index (κ2) is 13.4. The number of ether oxygens (including phenoxy) is 5. The van der Waals surface area contributed by atoms with Gasteiger partial charge in [0, 0.05) is 34.6 Å². The van der Waals surface area contributed by atoms with Crippen LogP contribution in [0.3, 0.4) is 0 Å². The van der Waals surface area contributed by atoms with Gasteiger partial charge in [-0.05, 0) is 11.6 Å². The fraction of sp³-hybridized carbons (Fsp3) is 0.480. The molecule has 1 amide bonds. The van der Waals surface area contributed by atoms with Crippen LogP contribution < -0.4 is 0 Å². The molecular formula is C25H31NO10. The number of carbonyl (C=O) groups is 5. The van der Waals surface area contributed by atoms with Crippen molar-refractivity contribution in [3.8, 4) is 0 Å². The molecule has 0 aromatic heterocycles. The Bertz CT molecular complexity index is 976. The fourth-order valence-corrected chi connectivity index (χ4v) is 3.69. The Balaban J connectivity index is 2.41. The molecule has 0 spiro atoms. The maximum absolute atomic E-state index is 12.4. The van der Waals surface area contributed by atoms with E-state index in [0.717, 1.165) is 33.3 Å². The second-order valence-corrected chi connectivity index (χ2v) is 8.10. The van der Waals surface area contributed by atoms with Gasteiger partial charge >= 0.3 is 23.9 Å². The average Bonchev–Trinajstić information content (AvgIpc) is 3.22. The summed E-state index contributed by atoms with van der Waals surface area (Å²) in [5.41, 5.74) is 0.874. The molecule has 1 aliphatic rings. The molecule has 0 unspecified atom stereocenters. The third kappa shape index (κ3) is 8.81. The molecule has 11 nitrogen and oxygen atoms in total. The Morgan fingerprint density at radius 2 is 1.53 bits per heavy atom. The summed E-state index contributed by atoms with van der Waals surface area (Å²) in [5, 5.41) is 0. The van der Waals surface area contributed by atoms with E-state index in [9.17, 15) is 24.0 Å². The molecule has 0 aliphatic carbocycles. The van der Waals surface area contributed by atoms with Crippen molar-refractivity contribution in [3.05, 3.63) is 42.0 Å². The van der Waals surface area contributed by atoms with Crippen molar-refractivity contribution in [1.29, 1.82) is 0 Å². The number of benzene rings is 1. The van der Waals surface area contributed by atoms with Crippen LogP contribution in [0.2, 0.25) is 0 Å². The maximum atomic E-state index is 12.4. The van der Waals surface area contributed by atoms with Crippen LogP contribution >= 0.6 is 0 Å². The van der Waals surface area contributed by atoms with Crippen LogP contribution in [0.25, 0.3) is 6.08 Å². The summed E-state index contributed by atoms with van der Waals surface area (Å²) in [7, 11) is 0. The van der Waals surface area contributed by atoms with Crippen molar-refractivity contribution in [2.75, 3.05) is 13.2 Å². The van der Waals surface area contributed by atoms with E-state index >= 15 is 0 Å². The molecule has 0 bridgehead atoms. The van der Waals surface area contributed by atoms with Gasteiger partial charge in [0.25, 0.3) is 0 Å². The minimum Gasteiger partial charge on any atom is -0.462 e. The molecule has 1 aromatic rings. The third-order valence-electron chi connectivity index (χ3n) is 5.08. The highest BCUT2D eigenvalue weighted by Gasteiger charge is 2.47. The van der Waals surface area contributed by atoms with E-state index in [1.807, 2.05) is 30.3 Å². The van der Waals surface area contributed by atoms with Gasteiger partial charge in [-0.3, -0.25) is 24.0 Å². The van der Waals surface area contributed by atoms with E-state index < -0.39 is 61.1 Å². The molecule has 36 heavy (non-hydrogen) atoms. The van der Waals surface area contributed by atoms with E-state index in [-0.39, 0.29) is 12.5 Å². The molecule has 2 rings (SSSR count). The molecule has 0 radical (unpaired) electrons. The van der Waals surface area contributed by atoms with Gasteiger partial charge in [-0.25, -0.2) is 0 Å². The molecule has 11 heteroatoms. The minimum atomic E-state index is -1.40. The van der Waals surface area contributed by atoms with Crippen LogP contribution in [-0.2, 0) is 47.7 Å². The van der Waals surface area contributed by atoms with Gasteiger partial charge in [-0.1, -0.05) is 36.4 Å². The quantitative estimate of drug-likeness (QED) is 0.341. The number of hydrogen-bond donors (Lipinski definition) is 0. The van der Waals surface area contributed by atoms with E-state index in [0.29, 0.717) is 0 Å². The lowest BCUT2D eigenvalue weighted by molar-refractivity contribution is -0.199. The van der Waals surface area contributed by atoms with Gasteiger partial charge in [-0.2, -0.15) is 0 Å². The fourth-order valence-electron chi connectivity index (χ4n) is 3.69. The third-order valence-corrected chi connectivity index (χ3v) is 5.08. The highest BCUT2D eigenvalue weighted by molar-refractivity contribution is 5.74. The zero-order valence-electron chi connectivity index (χ0n) is 20.9. The van der Waals surface area contributed by atoms with Crippen molar-refractivity contribution in [1.82, 2.24) is 4.90 Å². The van der Waals surface area contributed by atoms with Gasteiger partial charge in [0.2, 0.25) is 5.91 Å². The van der Waals surface area contributed by atoms with Gasteiger partial charge < -0.3 is 28.6 Å². The first-order chi connectivity index (χ1) is 17.0.